The molecule has 1 amide bonds. The zero-order chi connectivity index (χ0) is 21.5. The molecule has 0 aliphatic heterocycles. The van der Waals surface area contributed by atoms with E-state index < -0.39 is 0 Å². The van der Waals surface area contributed by atoms with Crippen LogP contribution in [0.5, 0.6) is 11.5 Å². The standard InChI is InChI=1S/C22H17ClI2N2O3/c1-29-20-11-14(12-26-27-22(28)15-6-8-17(24)9-7-15)10-19(25)21(20)30-13-16-4-2-3-5-18(16)23/h2-12H,13H2,1H3,(H,27,28)/b26-12-. The van der Waals surface area contributed by atoms with Crippen LogP contribution >= 0.6 is 56.8 Å². The maximum absolute atomic E-state index is 12.2. The van der Waals surface area contributed by atoms with Gasteiger partial charge in [-0.3, -0.25) is 4.79 Å². The Balaban J connectivity index is 1.70. The van der Waals surface area contributed by atoms with Crippen molar-refractivity contribution in [1.82, 2.24) is 5.43 Å². The van der Waals surface area contributed by atoms with Crippen molar-refractivity contribution in [3.63, 3.8) is 0 Å². The van der Waals surface area contributed by atoms with Crippen molar-refractivity contribution >= 4 is 68.9 Å². The lowest BCUT2D eigenvalue weighted by Gasteiger charge is -2.14. The van der Waals surface area contributed by atoms with E-state index in [2.05, 4.69) is 55.7 Å². The van der Waals surface area contributed by atoms with E-state index in [0.29, 0.717) is 28.7 Å². The molecule has 1 N–H and O–H groups in total. The van der Waals surface area contributed by atoms with Crippen LogP contribution in [0.15, 0.2) is 65.8 Å². The fourth-order valence-corrected chi connectivity index (χ4v) is 3.88. The molecular weight excluding hydrogens is 630 g/mol. The van der Waals surface area contributed by atoms with Crippen LogP contribution in [0.2, 0.25) is 5.02 Å². The maximum atomic E-state index is 12.2. The third-order valence-electron chi connectivity index (χ3n) is 4.07. The molecule has 0 saturated carbocycles. The first-order valence-corrected chi connectivity index (χ1v) is 11.3. The summed E-state index contributed by atoms with van der Waals surface area (Å²) in [6.07, 6.45) is 1.56. The van der Waals surface area contributed by atoms with Crippen LogP contribution in [0, 0.1) is 7.14 Å². The molecule has 0 bridgehead atoms. The average Bonchev–Trinajstić information content (AvgIpc) is 2.74. The second kappa shape index (κ2) is 11.0. The SMILES string of the molecule is COc1cc(/C=N\NC(=O)c2ccc(I)cc2)cc(I)c1OCc1ccccc1Cl. The van der Waals surface area contributed by atoms with Crippen molar-refractivity contribution < 1.29 is 14.3 Å². The number of nitrogens with one attached hydrogen (secondary N) is 1. The van der Waals surface area contributed by atoms with E-state index in [-0.39, 0.29) is 5.91 Å². The lowest BCUT2D eigenvalue weighted by molar-refractivity contribution is 0.0955. The molecule has 3 aromatic carbocycles. The van der Waals surface area contributed by atoms with Gasteiger partial charge in [-0.05, 0) is 93.2 Å². The third-order valence-corrected chi connectivity index (χ3v) is 5.96. The van der Waals surface area contributed by atoms with E-state index in [4.69, 9.17) is 21.1 Å². The molecular formula is C22H17ClI2N2O3. The van der Waals surface area contributed by atoms with Gasteiger partial charge in [0.15, 0.2) is 11.5 Å². The molecule has 0 aliphatic rings. The summed E-state index contributed by atoms with van der Waals surface area (Å²) >= 11 is 10.6. The lowest BCUT2D eigenvalue weighted by Crippen LogP contribution is -2.17. The fraction of sp³-hybridized carbons (Fsp3) is 0.0909. The number of hydrazone groups is 1. The molecule has 0 atom stereocenters. The van der Waals surface area contributed by atoms with E-state index in [1.807, 2.05) is 42.5 Å². The van der Waals surface area contributed by atoms with Gasteiger partial charge in [-0.1, -0.05) is 29.8 Å². The molecule has 0 saturated heterocycles. The van der Waals surface area contributed by atoms with E-state index >= 15 is 0 Å². The zero-order valence-corrected chi connectivity index (χ0v) is 20.9. The minimum absolute atomic E-state index is 0.274. The molecule has 0 fully saturated rings. The summed E-state index contributed by atoms with van der Waals surface area (Å²) < 4.78 is 13.4. The Hall–Kier alpha value is -1.85. The molecule has 0 heterocycles. The Morgan fingerprint density at radius 3 is 2.57 bits per heavy atom. The summed E-state index contributed by atoms with van der Waals surface area (Å²) in [5.41, 5.74) is 4.73. The summed E-state index contributed by atoms with van der Waals surface area (Å²) in [4.78, 5) is 12.2. The Bertz CT molecular complexity index is 1070. The van der Waals surface area contributed by atoms with Crippen molar-refractivity contribution in [3.8, 4) is 11.5 Å². The smallest absolute Gasteiger partial charge is 0.271 e. The Morgan fingerprint density at radius 1 is 1.13 bits per heavy atom. The van der Waals surface area contributed by atoms with Crippen LogP contribution in [0.1, 0.15) is 21.5 Å². The first kappa shape index (κ1) is 22.8. The molecule has 3 aromatic rings. The highest BCUT2D eigenvalue weighted by atomic mass is 127. The fourth-order valence-electron chi connectivity index (χ4n) is 2.55. The number of rotatable bonds is 7. The summed E-state index contributed by atoms with van der Waals surface area (Å²) in [5.74, 6) is 0.918. The number of carbonyl (C=O) groups is 1. The molecule has 30 heavy (non-hydrogen) atoms. The summed E-state index contributed by atoms with van der Waals surface area (Å²) in [6.45, 7) is 0.325. The number of benzene rings is 3. The predicted octanol–water partition coefficient (Wildman–Crippen LogP) is 5.90. The molecule has 0 aliphatic carbocycles. The zero-order valence-electron chi connectivity index (χ0n) is 15.9. The van der Waals surface area contributed by atoms with Crippen LogP contribution in [0.4, 0.5) is 0 Å². The Morgan fingerprint density at radius 2 is 1.87 bits per heavy atom. The van der Waals surface area contributed by atoms with Crippen molar-refractivity contribution in [2.45, 2.75) is 6.61 Å². The van der Waals surface area contributed by atoms with Gasteiger partial charge in [0.25, 0.3) is 5.91 Å². The van der Waals surface area contributed by atoms with Crippen molar-refractivity contribution in [1.29, 1.82) is 0 Å². The Kier molecular flexibility index (Phi) is 8.34. The second-order valence-corrected chi connectivity index (χ2v) is 8.94. The van der Waals surface area contributed by atoms with Gasteiger partial charge in [0.1, 0.15) is 6.61 Å². The monoisotopic (exact) mass is 646 g/mol. The van der Waals surface area contributed by atoms with Gasteiger partial charge in [-0.15, -0.1) is 0 Å². The van der Waals surface area contributed by atoms with Crippen molar-refractivity contribution in [2.75, 3.05) is 7.11 Å². The van der Waals surface area contributed by atoms with Crippen molar-refractivity contribution in [2.24, 2.45) is 5.10 Å². The number of methoxy groups -OCH3 is 1. The van der Waals surface area contributed by atoms with Crippen LogP contribution in [-0.4, -0.2) is 19.2 Å². The maximum Gasteiger partial charge on any atom is 0.271 e. The average molecular weight is 647 g/mol. The van der Waals surface area contributed by atoms with Gasteiger partial charge in [0.05, 0.1) is 16.9 Å². The highest BCUT2D eigenvalue weighted by Gasteiger charge is 2.12. The molecule has 3 rings (SSSR count). The van der Waals surface area contributed by atoms with Crippen LogP contribution in [-0.2, 0) is 6.61 Å². The molecule has 0 unspecified atom stereocenters. The number of nitrogens with zero attached hydrogens (tertiary/aromatic N) is 1. The molecule has 154 valence electrons. The Labute approximate surface area is 207 Å². The lowest BCUT2D eigenvalue weighted by atomic mass is 10.2. The number of carbonyl (C=O) groups excluding carboxylic acids is 1. The summed E-state index contributed by atoms with van der Waals surface area (Å²) in [6, 6.07) is 18.5. The minimum Gasteiger partial charge on any atom is -0.493 e. The first-order valence-electron chi connectivity index (χ1n) is 8.80. The first-order chi connectivity index (χ1) is 14.5. The number of hydrogen-bond donors (Lipinski definition) is 1. The van der Waals surface area contributed by atoms with Gasteiger partial charge < -0.3 is 9.47 Å². The summed E-state index contributed by atoms with van der Waals surface area (Å²) in [7, 11) is 1.58. The van der Waals surface area contributed by atoms with E-state index in [9.17, 15) is 4.79 Å². The molecule has 0 aromatic heterocycles. The molecule has 0 radical (unpaired) electrons. The summed E-state index contributed by atoms with van der Waals surface area (Å²) in [5, 5.41) is 4.70. The molecule has 8 heteroatoms. The van der Waals surface area contributed by atoms with Gasteiger partial charge in [-0.25, -0.2) is 5.43 Å². The van der Waals surface area contributed by atoms with Gasteiger partial charge in [-0.2, -0.15) is 5.10 Å². The van der Waals surface area contributed by atoms with E-state index in [0.717, 1.165) is 18.3 Å². The number of amides is 1. The third kappa shape index (κ3) is 6.08. The molecule has 0 spiro atoms. The van der Waals surface area contributed by atoms with Gasteiger partial charge in [0.2, 0.25) is 0 Å². The van der Waals surface area contributed by atoms with Gasteiger partial charge >= 0.3 is 0 Å². The van der Waals surface area contributed by atoms with E-state index in [1.165, 1.54) is 0 Å². The highest BCUT2D eigenvalue weighted by molar-refractivity contribution is 14.1. The normalized spacial score (nSPS) is 10.8. The number of halogens is 3. The largest absolute Gasteiger partial charge is 0.493 e. The number of ether oxygens (including phenoxy) is 2. The number of hydrogen-bond acceptors (Lipinski definition) is 4. The second-order valence-electron chi connectivity index (χ2n) is 6.12. The topological polar surface area (TPSA) is 59.9 Å². The van der Waals surface area contributed by atoms with Crippen LogP contribution < -0.4 is 14.9 Å². The van der Waals surface area contributed by atoms with Crippen molar-refractivity contribution in [3.05, 3.63) is 89.5 Å². The van der Waals surface area contributed by atoms with E-state index in [1.54, 1.807) is 31.5 Å². The minimum atomic E-state index is -0.274. The predicted molar refractivity (Wildman–Crippen MR) is 136 cm³/mol. The van der Waals surface area contributed by atoms with Crippen LogP contribution in [0.3, 0.4) is 0 Å². The quantitative estimate of drug-likeness (QED) is 0.198. The highest BCUT2D eigenvalue weighted by Crippen LogP contribution is 2.34. The van der Waals surface area contributed by atoms with Crippen LogP contribution in [0.25, 0.3) is 0 Å². The van der Waals surface area contributed by atoms with Gasteiger partial charge in [0, 0.05) is 19.7 Å². The molecule has 5 nitrogen and oxygen atoms in total.